The lowest BCUT2D eigenvalue weighted by Crippen LogP contribution is -2.36. The summed E-state index contributed by atoms with van der Waals surface area (Å²) in [6.45, 7) is 3.10. The zero-order chi connectivity index (χ0) is 15.5. The van der Waals surface area contributed by atoms with Crippen molar-refractivity contribution in [1.29, 1.82) is 0 Å². The van der Waals surface area contributed by atoms with Crippen molar-refractivity contribution >= 4 is 28.9 Å². The van der Waals surface area contributed by atoms with Gasteiger partial charge >= 0.3 is 0 Å². The molecule has 0 saturated heterocycles. The fourth-order valence-electron chi connectivity index (χ4n) is 2.62. The normalized spacial score (nSPS) is 11.4. The number of fused-ring (bicyclic) bond motifs is 1. The molecule has 0 aliphatic rings. The summed E-state index contributed by atoms with van der Waals surface area (Å²) in [5.41, 5.74) is 2.42. The first-order valence-electron chi connectivity index (χ1n) is 7.56. The molecule has 0 saturated carbocycles. The van der Waals surface area contributed by atoms with E-state index >= 15 is 0 Å². The van der Waals surface area contributed by atoms with Crippen molar-refractivity contribution in [3.8, 4) is 0 Å². The Morgan fingerprint density at radius 3 is 2.55 bits per heavy atom. The number of para-hydroxylation sites is 1. The largest absolute Gasteiger partial charge is 0.441 e. The van der Waals surface area contributed by atoms with Crippen molar-refractivity contribution in [2.24, 2.45) is 0 Å². The Morgan fingerprint density at radius 2 is 1.82 bits per heavy atom. The van der Waals surface area contributed by atoms with Crippen LogP contribution >= 0.6 is 0 Å². The number of rotatable bonds is 4. The number of aromatic nitrogens is 1. The van der Waals surface area contributed by atoms with E-state index in [1.807, 2.05) is 37.2 Å². The highest BCUT2D eigenvalue weighted by atomic mass is 16.4. The second-order valence-electron chi connectivity index (χ2n) is 5.47. The van der Waals surface area contributed by atoms with Crippen molar-refractivity contribution in [3.05, 3.63) is 60.0 Å². The summed E-state index contributed by atoms with van der Waals surface area (Å²) in [5, 5.41) is 1.26. The van der Waals surface area contributed by atoms with E-state index < -0.39 is 0 Å². The highest BCUT2D eigenvalue weighted by Gasteiger charge is 2.11. The van der Waals surface area contributed by atoms with E-state index in [9.17, 15) is 0 Å². The summed E-state index contributed by atoms with van der Waals surface area (Å²) < 4.78 is 8.06. The summed E-state index contributed by atoms with van der Waals surface area (Å²) in [6.07, 6.45) is 4.12. The molecule has 22 heavy (non-hydrogen) atoms. The van der Waals surface area contributed by atoms with Gasteiger partial charge in [0, 0.05) is 43.8 Å². The van der Waals surface area contributed by atoms with Gasteiger partial charge in [-0.05, 0) is 31.2 Å². The van der Waals surface area contributed by atoms with Crippen LogP contribution in [-0.4, -0.2) is 14.1 Å². The molecule has 0 spiro atoms. The Kier molecular flexibility index (Phi) is 3.96. The molecule has 3 aromatic rings. The third-order valence-electron chi connectivity index (χ3n) is 3.76. The van der Waals surface area contributed by atoms with Crippen LogP contribution in [0.4, 0.5) is 5.88 Å². The number of pyridine rings is 1. The first-order valence-corrected chi connectivity index (χ1v) is 7.56. The zero-order valence-corrected chi connectivity index (χ0v) is 13.3. The topological polar surface area (TPSA) is 20.3 Å². The number of hydrogen-bond donors (Lipinski definition) is 0. The Morgan fingerprint density at radius 1 is 1.00 bits per heavy atom. The van der Waals surface area contributed by atoms with Crippen LogP contribution in [0.5, 0.6) is 0 Å². The number of anilines is 1. The second kappa shape index (κ2) is 6.06. The van der Waals surface area contributed by atoms with Gasteiger partial charge in [-0.25, -0.2) is 0 Å². The van der Waals surface area contributed by atoms with Gasteiger partial charge in [-0.1, -0.05) is 12.1 Å². The van der Waals surface area contributed by atoms with Gasteiger partial charge in [-0.3, -0.25) is 0 Å². The molecule has 0 aliphatic heterocycles. The van der Waals surface area contributed by atoms with Gasteiger partial charge < -0.3 is 9.32 Å². The van der Waals surface area contributed by atoms with E-state index in [1.54, 1.807) is 0 Å². The molecule has 0 unspecified atom stereocenters. The monoisotopic (exact) mass is 293 g/mol. The van der Waals surface area contributed by atoms with Crippen LogP contribution in [0.3, 0.4) is 0 Å². The number of hydrogen-bond acceptors (Lipinski definition) is 2. The number of aryl methyl sites for hydroxylation is 1. The van der Waals surface area contributed by atoms with Crippen LogP contribution in [0.1, 0.15) is 18.4 Å². The molecule has 0 N–H and O–H groups in total. The summed E-state index contributed by atoms with van der Waals surface area (Å²) in [7, 11) is 3.95. The second-order valence-corrected chi connectivity index (χ2v) is 5.47. The molecule has 3 nitrogen and oxygen atoms in total. The number of furan rings is 1. The Balaban J connectivity index is 1.97. The molecule has 3 rings (SSSR count). The standard InChI is InChI=1S/C19H21N2O/c1-4-21-16(10-9-15-7-5-6-8-18(15)21)11-12-17-13-14-19(22-17)20(2)3/h5-14H,4H2,1-3H3/q+1. The molecule has 1 aromatic carbocycles. The minimum atomic E-state index is 0.861. The smallest absolute Gasteiger partial charge is 0.212 e. The van der Waals surface area contributed by atoms with Crippen molar-refractivity contribution in [2.45, 2.75) is 13.5 Å². The summed E-state index contributed by atoms with van der Waals surface area (Å²) in [6, 6.07) is 16.7. The molecule has 0 bridgehead atoms. The van der Waals surface area contributed by atoms with Crippen LogP contribution in [-0.2, 0) is 6.54 Å². The molecular formula is C19H21N2O+. The predicted octanol–water partition coefficient (Wildman–Crippen LogP) is 3.98. The fourth-order valence-corrected chi connectivity index (χ4v) is 2.62. The quantitative estimate of drug-likeness (QED) is 0.678. The highest BCUT2D eigenvalue weighted by molar-refractivity contribution is 5.77. The lowest BCUT2D eigenvalue weighted by Gasteiger charge is -2.05. The van der Waals surface area contributed by atoms with Crippen molar-refractivity contribution < 1.29 is 8.98 Å². The van der Waals surface area contributed by atoms with Crippen molar-refractivity contribution in [1.82, 2.24) is 0 Å². The molecular weight excluding hydrogens is 272 g/mol. The maximum atomic E-state index is 5.76. The van der Waals surface area contributed by atoms with Gasteiger partial charge in [-0.15, -0.1) is 0 Å². The molecule has 0 fully saturated rings. The van der Waals surface area contributed by atoms with E-state index in [1.165, 1.54) is 16.6 Å². The zero-order valence-electron chi connectivity index (χ0n) is 13.3. The molecule has 3 heteroatoms. The molecule has 112 valence electrons. The van der Waals surface area contributed by atoms with E-state index in [-0.39, 0.29) is 0 Å². The van der Waals surface area contributed by atoms with E-state index in [2.05, 4.69) is 54.0 Å². The van der Waals surface area contributed by atoms with Crippen molar-refractivity contribution in [3.63, 3.8) is 0 Å². The summed E-state index contributed by atoms with van der Waals surface area (Å²) in [4.78, 5) is 1.96. The van der Waals surface area contributed by atoms with E-state index in [0.29, 0.717) is 0 Å². The molecule has 0 radical (unpaired) electrons. The third-order valence-corrected chi connectivity index (χ3v) is 3.76. The van der Waals surface area contributed by atoms with Gasteiger partial charge in [-0.2, -0.15) is 4.57 Å². The predicted molar refractivity (Wildman–Crippen MR) is 91.8 cm³/mol. The van der Waals surface area contributed by atoms with E-state index in [0.717, 1.165) is 18.2 Å². The molecule has 2 aromatic heterocycles. The van der Waals surface area contributed by atoms with Gasteiger partial charge in [0.2, 0.25) is 11.2 Å². The Bertz CT molecular complexity index is 815. The lowest BCUT2D eigenvalue weighted by molar-refractivity contribution is -0.669. The SMILES string of the molecule is CC[n+]1c(C=Cc2ccc(N(C)C)o2)ccc2ccccc21. The molecule has 0 atom stereocenters. The van der Waals surface area contributed by atoms with Gasteiger partial charge in [0.05, 0.1) is 0 Å². The van der Waals surface area contributed by atoms with Crippen LogP contribution in [0.2, 0.25) is 0 Å². The first-order chi connectivity index (χ1) is 10.7. The maximum absolute atomic E-state index is 5.76. The Labute approximate surface area is 131 Å². The van der Waals surface area contributed by atoms with Gasteiger partial charge in [0.15, 0.2) is 5.88 Å². The average molecular weight is 293 g/mol. The van der Waals surface area contributed by atoms with Crippen LogP contribution < -0.4 is 9.47 Å². The van der Waals surface area contributed by atoms with E-state index in [4.69, 9.17) is 4.42 Å². The molecule has 2 heterocycles. The van der Waals surface area contributed by atoms with Crippen molar-refractivity contribution in [2.75, 3.05) is 19.0 Å². The molecule has 0 aliphatic carbocycles. The summed E-state index contributed by atoms with van der Waals surface area (Å²) in [5.74, 6) is 1.72. The summed E-state index contributed by atoms with van der Waals surface area (Å²) >= 11 is 0. The highest BCUT2D eigenvalue weighted by Crippen LogP contribution is 2.18. The molecule has 0 amide bonds. The van der Waals surface area contributed by atoms with Crippen LogP contribution in [0.15, 0.2) is 52.9 Å². The van der Waals surface area contributed by atoms with Gasteiger partial charge in [0.25, 0.3) is 0 Å². The third kappa shape index (κ3) is 2.75. The maximum Gasteiger partial charge on any atom is 0.212 e. The number of nitrogens with zero attached hydrogens (tertiary/aromatic N) is 2. The minimum absolute atomic E-state index is 0.861. The number of benzene rings is 1. The minimum Gasteiger partial charge on any atom is -0.441 e. The first kappa shape index (κ1) is 14.4. The Hall–Kier alpha value is -2.55. The van der Waals surface area contributed by atoms with Crippen LogP contribution in [0, 0.1) is 0 Å². The van der Waals surface area contributed by atoms with Gasteiger partial charge in [0.1, 0.15) is 12.3 Å². The lowest BCUT2D eigenvalue weighted by atomic mass is 10.1. The van der Waals surface area contributed by atoms with Crippen LogP contribution in [0.25, 0.3) is 23.1 Å². The average Bonchev–Trinajstić information content (AvgIpc) is 3.01. The fraction of sp³-hybridized carbons (Fsp3) is 0.211.